The molecule has 0 aliphatic carbocycles. The van der Waals surface area contributed by atoms with E-state index in [4.69, 9.17) is 4.98 Å². The molecule has 0 spiro atoms. The summed E-state index contributed by atoms with van der Waals surface area (Å²) < 4.78 is 53.5. The minimum absolute atomic E-state index is 0.299. The Labute approximate surface area is 346 Å². The van der Waals surface area contributed by atoms with E-state index < -0.39 is 11.7 Å². The second kappa shape index (κ2) is 16.1. The van der Waals surface area contributed by atoms with Gasteiger partial charge in [-0.2, -0.15) is 13.2 Å². The van der Waals surface area contributed by atoms with Crippen molar-refractivity contribution in [2.24, 2.45) is 0 Å². The molecular weight excluding hydrogens is 753 g/mol. The number of alkyl halides is 3. The molecule has 0 radical (unpaired) electrons. The van der Waals surface area contributed by atoms with Gasteiger partial charge >= 0.3 is 6.18 Å². The van der Waals surface area contributed by atoms with E-state index in [0.717, 1.165) is 95.7 Å². The largest absolute Gasteiger partial charge is 0.416 e. The molecule has 2 nitrogen and oxygen atoms in total. The van der Waals surface area contributed by atoms with Gasteiger partial charge in [0.1, 0.15) is 5.82 Å². The van der Waals surface area contributed by atoms with Crippen LogP contribution in [0.5, 0.6) is 0 Å². The van der Waals surface area contributed by atoms with Crippen LogP contribution in [0.3, 0.4) is 0 Å². The van der Waals surface area contributed by atoms with Crippen molar-refractivity contribution in [2.75, 3.05) is 0 Å². The summed E-state index contributed by atoms with van der Waals surface area (Å²) in [5.41, 5.74) is 15.4. The highest BCUT2D eigenvalue weighted by Crippen LogP contribution is 2.42. The molecule has 9 rings (SSSR count). The van der Waals surface area contributed by atoms with Gasteiger partial charge in [0.15, 0.2) is 0 Å². The van der Waals surface area contributed by atoms with Crippen molar-refractivity contribution in [3.63, 3.8) is 0 Å². The first-order valence-electron chi connectivity index (χ1n) is 19.5. The van der Waals surface area contributed by atoms with Crippen molar-refractivity contribution in [3.8, 4) is 89.3 Å². The van der Waals surface area contributed by atoms with E-state index in [1.54, 1.807) is 18.3 Å². The van der Waals surface area contributed by atoms with Gasteiger partial charge in [-0.25, -0.2) is 4.39 Å². The third-order valence-corrected chi connectivity index (χ3v) is 10.8. The van der Waals surface area contributed by atoms with Gasteiger partial charge in [0.25, 0.3) is 0 Å². The van der Waals surface area contributed by atoms with Crippen molar-refractivity contribution >= 4 is 0 Å². The first-order chi connectivity index (χ1) is 29.2. The fourth-order valence-corrected chi connectivity index (χ4v) is 7.76. The van der Waals surface area contributed by atoms with E-state index in [-0.39, 0.29) is 5.82 Å². The van der Waals surface area contributed by atoms with E-state index in [2.05, 4.69) is 96.8 Å². The lowest BCUT2D eigenvalue weighted by atomic mass is 9.87. The number of hydrogen-bond donors (Lipinski definition) is 0. The van der Waals surface area contributed by atoms with Crippen LogP contribution in [0.15, 0.2) is 200 Å². The highest BCUT2D eigenvalue weighted by Gasteiger charge is 2.30. The molecule has 0 atom stereocenters. The molecule has 2 aromatic heterocycles. The summed E-state index contributed by atoms with van der Waals surface area (Å²) in [7, 11) is 0. The normalized spacial score (nSPS) is 11.4. The van der Waals surface area contributed by atoms with E-state index in [1.165, 1.54) is 24.3 Å². The molecule has 9 aromatic rings. The minimum Gasteiger partial charge on any atom is -0.256 e. The first-order valence-corrected chi connectivity index (χ1v) is 19.5. The molecular formula is C54H36F4N2. The highest BCUT2D eigenvalue weighted by molar-refractivity contribution is 5.94. The number of hydrogen-bond acceptors (Lipinski definition) is 2. The van der Waals surface area contributed by atoms with Gasteiger partial charge in [-0.15, -0.1) is 0 Å². The predicted molar refractivity (Wildman–Crippen MR) is 235 cm³/mol. The summed E-state index contributed by atoms with van der Waals surface area (Å²) in [5, 5.41) is 0. The van der Waals surface area contributed by atoms with Gasteiger partial charge in [-0.3, -0.25) is 9.97 Å². The van der Waals surface area contributed by atoms with Crippen LogP contribution in [0.25, 0.3) is 89.3 Å². The second-order valence-corrected chi connectivity index (χ2v) is 14.8. The molecule has 60 heavy (non-hydrogen) atoms. The van der Waals surface area contributed by atoms with Gasteiger partial charge in [0, 0.05) is 34.6 Å². The molecule has 0 fully saturated rings. The maximum atomic E-state index is 14.0. The highest BCUT2D eigenvalue weighted by atomic mass is 19.4. The van der Waals surface area contributed by atoms with Crippen molar-refractivity contribution in [3.05, 3.63) is 217 Å². The lowest BCUT2D eigenvalue weighted by Crippen LogP contribution is -2.04. The molecule has 290 valence electrons. The molecule has 0 aliphatic heterocycles. The van der Waals surface area contributed by atoms with Crippen LogP contribution in [-0.2, 0) is 6.18 Å². The van der Waals surface area contributed by atoms with Gasteiger partial charge in [-0.1, -0.05) is 133 Å². The quantitative estimate of drug-likeness (QED) is 0.143. The van der Waals surface area contributed by atoms with Crippen LogP contribution in [0.1, 0.15) is 11.1 Å². The molecule has 0 saturated heterocycles. The molecule has 0 saturated carbocycles. The summed E-state index contributed by atoms with van der Waals surface area (Å²) in [5.74, 6) is -0.299. The molecule has 7 aromatic carbocycles. The Bertz CT molecular complexity index is 2940. The fraction of sp³-hybridized carbons (Fsp3) is 0.0370. The summed E-state index contributed by atoms with van der Waals surface area (Å²) in [6.45, 7) is 2.09. The Morgan fingerprint density at radius 1 is 0.350 bits per heavy atom. The number of benzene rings is 7. The van der Waals surface area contributed by atoms with E-state index >= 15 is 0 Å². The van der Waals surface area contributed by atoms with Crippen LogP contribution in [0.4, 0.5) is 17.6 Å². The molecule has 0 unspecified atom stereocenters. The number of halogens is 4. The Hall–Kier alpha value is -7.44. The Morgan fingerprint density at radius 3 is 1.45 bits per heavy atom. The zero-order valence-electron chi connectivity index (χ0n) is 32.5. The number of rotatable bonds is 8. The third-order valence-electron chi connectivity index (χ3n) is 10.8. The average molecular weight is 789 g/mol. The Morgan fingerprint density at radius 2 is 0.833 bits per heavy atom. The molecule has 2 heterocycles. The van der Waals surface area contributed by atoms with Crippen LogP contribution < -0.4 is 0 Å². The SMILES string of the molecule is Cc1cc(-c2ccccc2-c2ccc(-c3ccc(C(F)(F)F)cc3)nc2)cc(-c2ccccc2-c2cnc(-c3ccc(F)cc3)cc2-c2ccc(-c3ccccc3)cc2)c1. The molecule has 0 aliphatic rings. The number of aromatic nitrogens is 2. The van der Waals surface area contributed by atoms with E-state index in [9.17, 15) is 17.6 Å². The van der Waals surface area contributed by atoms with Gasteiger partial charge in [0.05, 0.1) is 17.0 Å². The summed E-state index contributed by atoms with van der Waals surface area (Å²) in [6.07, 6.45) is -0.704. The molecule has 0 bridgehead atoms. The fourth-order valence-electron chi connectivity index (χ4n) is 7.76. The van der Waals surface area contributed by atoms with Crippen molar-refractivity contribution in [2.45, 2.75) is 13.1 Å². The van der Waals surface area contributed by atoms with Crippen molar-refractivity contribution in [1.82, 2.24) is 9.97 Å². The minimum atomic E-state index is -4.40. The zero-order valence-corrected chi connectivity index (χ0v) is 32.5. The maximum Gasteiger partial charge on any atom is 0.416 e. The number of nitrogens with zero attached hydrogens (tertiary/aromatic N) is 2. The lowest BCUT2D eigenvalue weighted by molar-refractivity contribution is -0.137. The van der Waals surface area contributed by atoms with Gasteiger partial charge < -0.3 is 0 Å². The summed E-state index contributed by atoms with van der Waals surface area (Å²) in [6, 6.07) is 59.3. The number of pyridine rings is 2. The average Bonchev–Trinajstić information content (AvgIpc) is 3.29. The standard InChI is InChI=1S/C54H36F4N2/c1-35-29-42(47-12-6-5-11-46(47)41-23-28-52(59-33-41)39-19-24-44(25-20-39)54(56,57)58)31-43(30-35)48-13-7-8-14-49(48)51-34-60-53(40-21-26-45(55)27-22-40)32-50(51)38-17-15-37(16-18-38)36-9-3-2-4-10-36/h2-34H,1H3. The van der Waals surface area contributed by atoms with Crippen LogP contribution in [0, 0.1) is 12.7 Å². The maximum absolute atomic E-state index is 14.0. The lowest BCUT2D eigenvalue weighted by Gasteiger charge is -2.18. The van der Waals surface area contributed by atoms with Gasteiger partial charge in [0.2, 0.25) is 0 Å². The summed E-state index contributed by atoms with van der Waals surface area (Å²) >= 11 is 0. The second-order valence-electron chi connectivity index (χ2n) is 14.8. The Balaban J connectivity index is 1.11. The van der Waals surface area contributed by atoms with Crippen molar-refractivity contribution < 1.29 is 17.6 Å². The first kappa shape index (κ1) is 38.1. The van der Waals surface area contributed by atoms with Crippen LogP contribution in [0.2, 0.25) is 0 Å². The smallest absolute Gasteiger partial charge is 0.256 e. The van der Waals surface area contributed by atoms with Gasteiger partial charge in [-0.05, 0) is 123 Å². The zero-order chi connectivity index (χ0) is 41.2. The monoisotopic (exact) mass is 788 g/mol. The molecule has 6 heteroatoms. The Kier molecular flexibility index (Phi) is 10.2. The van der Waals surface area contributed by atoms with Crippen molar-refractivity contribution in [1.29, 1.82) is 0 Å². The van der Waals surface area contributed by atoms with Crippen LogP contribution in [-0.4, -0.2) is 9.97 Å². The number of aryl methyl sites for hydroxylation is 1. The summed E-state index contributed by atoms with van der Waals surface area (Å²) in [4.78, 5) is 9.59. The predicted octanol–water partition coefficient (Wildman–Crippen LogP) is 15.3. The van der Waals surface area contributed by atoms with E-state index in [1.807, 2.05) is 60.8 Å². The topological polar surface area (TPSA) is 25.8 Å². The third kappa shape index (κ3) is 7.88. The molecule has 0 amide bonds. The van der Waals surface area contributed by atoms with Crippen LogP contribution >= 0.6 is 0 Å². The van der Waals surface area contributed by atoms with E-state index in [0.29, 0.717) is 11.3 Å². The molecule has 0 N–H and O–H groups in total.